The Bertz CT molecular complexity index is 141. The van der Waals surface area contributed by atoms with E-state index in [1.165, 1.54) is 32.1 Å². The van der Waals surface area contributed by atoms with Crippen molar-refractivity contribution in [3.63, 3.8) is 0 Å². The molecular weight excluding hydrogens is 194 g/mol. The zero-order chi connectivity index (χ0) is 10.4. The van der Waals surface area contributed by atoms with Gasteiger partial charge in [-0.1, -0.05) is 39.5 Å². The number of rotatable bonds is 8. The van der Waals surface area contributed by atoms with E-state index in [0.717, 1.165) is 19.0 Å². The lowest BCUT2D eigenvalue weighted by Gasteiger charge is -2.19. The first kappa shape index (κ1) is 12.3. The van der Waals surface area contributed by atoms with Gasteiger partial charge in [0.1, 0.15) is 0 Å². The smallest absolute Gasteiger partial charge is 0.0488 e. The normalized spacial score (nSPS) is 18.9. The number of halogens is 1. The van der Waals surface area contributed by atoms with Crippen molar-refractivity contribution >= 4 is 11.6 Å². The van der Waals surface area contributed by atoms with Crippen LogP contribution in [-0.2, 0) is 0 Å². The first-order valence-electron chi connectivity index (χ1n) is 6.12. The molecule has 1 nitrogen and oxygen atoms in total. The van der Waals surface area contributed by atoms with E-state index in [9.17, 15) is 0 Å². The summed E-state index contributed by atoms with van der Waals surface area (Å²) in [5.41, 5.74) is 0. The van der Waals surface area contributed by atoms with Crippen molar-refractivity contribution in [2.75, 3.05) is 13.1 Å². The highest BCUT2D eigenvalue weighted by Crippen LogP contribution is 2.31. The Kier molecular flexibility index (Phi) is 5.88. The Morgan fingerprint density at radius 2 is 1.93 bits per heavy atom. The minimum Gasteiger partial charge on any atom is -0.315 e. The van der Waals surface area contributed by atoms with E-state index in [-0.39, 0.29) is 0 Å². The average molecular weight is 218 g/mol. The Morgan fingerprint density at radius 3 is 2.43 bits per heavy atom. The quantitative estimate of drug-likeness (QED) is 0.485. The molecule has 0 aromatic rings. The molecule has 0 saturated heterocycles. The molecule has 1 saturated carbocycles. The van der Waals surface area contributed by atoms with Crippen LogP contribution >= 0.6 is 11.6 Å². The van der Waals surface area contributed by atoms with Crippen molar-refractivity contribution in [3.8, 4) is 0 Å². The maximum absolute atomic E-state index is 6.32. The van der Waals surface area contributed by atoms with Crippen LogP contribution in [0.2, 0.25) is 0 Å². The first-order chi connectivity index (χ1) is 6.77. The number of nitrogens with one attached hydrogen (secondary N) is 1. The number of alkyl halides is 1. The van der Waals surface area contributed by atoms with Gasteiger partial charge < -0.3 is 5.32 Å². The number of hydrogen-bond donors (Lipinski definition) is 1. The lowest BCUT2D eigenvalue weighted by molar-refractivity contribution is 0.443. The molecule has 14 heavy (non-hydrogen) atoms. The minimum absolute atomic E-state index is 0.323. The predicted octanol–water partition coefficient (Wildman–Crippen LogP) is 3.42. The summed E-state index contributed by atoms with van der Waals surface area (Å²) in [6.07, 6.45) is 6.67. The van der Waals surface area contributed by atoms with Gasteiger partial charge in [-0.15, -0.1) is 11.6 Å². The van der Waals surface area contributed by atoms with Crippen LogP contribution in [0.4, 0.5) is 0 Å². The highest BCUT2D eigenvalue weighted by molar-refractivity contribution is 6.21. The lowest BCUT2D eigenvalue weighted by atomic mass is 9.99. The summed E-state index contributed by atoms with van der Waals surface area (Å²) in [5, 5.41) is 3.80. The van der Waals surface area contributed by atoms with E-state index in [1.807, 2.05) is 0 Å². The van der Waals surface area contributed by atoms with Gasteiger partial charge in [0.15, 0.2) is 0 Å². The third-order valence-corrected chi connectivity index (χ3v) is 3.84. The third kappa shape index (κ3) is 4.65. The van der Waals surface area contributed by atoms with E-state index in [0.29, 0.717) is 11.3 Å². The van der Waals surface area contributed by atoms with E-state index < -0.39 is 0 Å². The average Bonchev–Trinajstić information content (AvgIpc) is 2.98. The van der Waals surface area contributed by atoms with Gasteiger partial charge >= 0.3 is 0 Å². The summed E-state index contributed by atoms with van der Waals surface area (Å²) in [4.78, 5) is 0. The van der Waals surface area contributed by atoms with Crippen molar-refractivity contribution in [2.24, 2.45) is 11.8 Å². The van der Waals surface area contributed by atoms with Crippen molar-refractivity contribution < 1.29 is 0 Å². The molecule has 0 heterocycles. The monoisotopic (exact) mass is 217 g/mol. The van der Waals surface area contributed by atoms with Gasteiger partial charge in [0.05, 0.1) is 0 Å². The Morgan fingerprint density at radius 1 is 1.29 bits per heavy atom. The molecule has 0 aliphatic heterocycles. The molecule has 1 rings (SSSR count). The van der Waals surface area contributed by atoms with Crippen LogP contribution in [0.5, 0.6) is 0 Å². The summed E-state index contributed by atoms with van der Waals surface area (Å²) in [7, 11) is 0. The second kappa shape index (κ2) is 6.68. The van der Waals surface area contributed by atoms with Gasteiger partial charge in [0, 0.05) is 11.9 Å². The summed E-state index contributed by atoms with van der Waals surface area (Å²) in [5.74, 6) is 1.72. The second-order valence-corrected chi connectivity index (χ2v) is 5.09. The molecule has 1 aliphatic carbocycles. The van der Waals surface area contributed by atoms with Gasteiger partial charge in [0.25, 0.3) is 0 Å². The Balaban J connectivity index is 1.97. The topological polar surface area (TPSA) is 12.0 Å². The zero-order valence-electron chi connectivity index (χ0n) is 9.56. The van der Waals surface area contributed by atoms with Crippen LogP contribution in [0.3, 0.4) is 0 Å². The highest BCUT2D eigenvalue weighted by Gasteiger charge is 2.20. The standard InChI is InChI=1S/C12H24ClN/c1-3-11(4-2)12(13)9-14-8-7-10-5-6-10/h10-12,14H,3-9H2,1-2H3. The summed E-state index contributed by atoms with van der Waals surface area (Å²) in [6.45, 7) is 6.61. The molecule has 1 unspecified atom stereocenters. The molecule has 1 aliphatic rings. The van der Waals surface area contributed by atoms with Crippen LogP contribution in [0.15, 0.2) is 0 Å². The molecule has 2 heteroatoms. The molecule has 1 N–H and O–H groups in total. The molecule has 0 amide bonds. The summed E-state index contributed by atoms with van der Waals surface area (Å²) >= 11 is 6.32. The van der Waals surface area contributed by atoms with Crippen molar-refractivity contribution in [2.45, 2.75) is 51.3 Å². The van der Waals surface area contributed by atoms with Crippen LogP contribution in [0, 0.1) is 11.8 Å². The Labute approximate surface area is 93.6 Å². The molecule has 0 aromatic carbocycles. The fraction of sp³-hybridized carbons (Fsp3) is 1.00. The maximum Gasteiger partial charge on any atom is 0.0488 e. The molecule has 1 fully saturated rings. The van der Waals surface area contributed by atoms with Gasteiger partial charge in [-0.2, -0.15) is 0 Å². The highest BCUT2D eigenvalue weighted by atomic mass is 35.5. The van der Waals surface area contributed by atoms with E-state index in [2.05, 4.69) is 19.2 Å². The van der Waals surface area contributed by atoms with Gasteiger partial charge in [0.2, 0.25) is 0 Å². The molecule has 0 bridgehead atoms. The largest absolute Gasteiger partial charge is 0.315 e. The summed E-state index contributed by atoms with van der Waals surface area (Å²) in [6, 6.07) is 0. The molecule has 0 radical (unpaired) electrons. The maximum atomic E-state index is 6.32. The second-order valence-electron chi connectivity index (χ2n) is 4.53. The third-order valence-electron chi connectivity index (χ3n) is 3.33. The van der Waals surface area contributed by atoms with E-state index >= 15 is 0 Å². The van der Waals surface area contributed by atoms with Crippen LogP contribution < -0.4 is 5.32 Å². The fourth-order valence-electron chi connectivity index (χ4n) is 1.92. The zero-order valence-corrected chi connectivity index (χ0v) is 10.3. The van der Waals surface area contributed by atoms with Gasteiger partial charge in [-0.25, -0.2) is 0 Å². The van der Waals surface area contributed by atoms with Crippen molar-refractivity contribution in [3.05, 3.63) is 0 Å². The van der Waals surface area contributed by atoms with Crippen molar-refractivity contribution in [1.29, 1.82) is 0 Å². The molecule has 1 atom stereocenters. The first-order valence-corrected chi connectivity index (χ1v) is 6.56. The van der Waals surface area contributed by atoms with E-state index in [1.54, 1.807) is 0 Å². The molecule has 0 aromatic heterocycles. The van der Waals surface area contributed by atoms with Gasteiger partial charge in [-0.3, -0.25) is 0 Å². The van der Waals surface area contributed by atoms with Crippen LogP contribution in [0.25, 0.3) is 0 Å². The van der Waals surface area contributed by atoms with Crippen molar-refractivity contribution in [1.82, 2.24) is 5.32 Å². The number of hydrogen-bond acceptors (Lipinski definition) is 1. The van der Waals surface area contributed by atoms with Crippen LogP contribution in [-0.4, -0.2) is 18.5 Å². The SMILES string of the molecule is CCC(CC)C(Cl)CNCCC1CC1. The van der Waals surface area contributed by atoms with E-state index in [4.69, 9.17) is 11.6 Å². The predicted molar refractivity (Wildman–Crippen MR) is 63.9 cm³/mol. The Hall–Kier alpha value is 0.250. The molecule has 84 valence electrons. The van der Waals surface area contributed by atoms with Crippen LogP contribution in [0.1, 0.15) is 46.0 Å². The molecular formula is C12H24ClN. The molecule has 0 spiro atoms. The lowest BCUT2D eigenvalue weighted by Crippen LogP contribution is -2.29. The minimum atomic E-state index is 0.323. The fourth-order valence-corrected chi connectivity index (χ4v) is 2.38. The van der Waals surface area contributed by atoms with Gasteiger partial charge in [-0.05, 0) is 24.8 Å². The summed E-state index contributed by atoms with van der Waals surface area (Å²) < 4.78 is 0.